The highest BCUT2D eigenvalue weighted by molar-refractivity contribution is 5.89. The van der Waals surface area contributed by atoms with Gasteiger partial charge in [0.2, 0.25) is 0 Å². The van der Waals surface area contributed by atoms with E-state index in [9.17, 15) is 4.79 Å². The summed E-state index contributed by atoms with van der Waals surface area (Å²) < 4.78 is 6.69. The van der Waals surface area contributed by atoms with Gasteiger partial charge in [-0.15, -0.1) is 0 Å². The Labute approximate surface area is 136 Å². The molecule has 1 aliphatic heterocycles. The van der Waals surface area contributed by atoms with Gasteiger partial charge in [-0.2, -0.15) is 5.10 Å². The number of carbonyl (C=O) groups excluding carboxylic acids is 1. The van der Waals surface area contributed by atoms with Crippen LogP contribution in [0.1, 0.15) is 52.0 Å². The number of ether oxygens (including phenoxy) is 1. The predicted molar refractivity (Wildman–Crippen MR) is 88.4 cm³/mol. The van der Waals surface area contributed by atoms with Gasteiger partial charge >= 0.3 is 5.97 Å². The summed E-state index contributed by atoms with van der Waals surface area (Å²) >= 11 is 0. The van der Waals surface area contributed by atoms with E-state index < -0.39 is 0 Å². The van der Waals surface area contributed by atoms with Crippen LogP contribution in [0.4, 0.5) is 0 Å². The minimum absolute atomic E-state index is 0.294. The Morgan fingerprint density at radius 2 is 2.09 bits per heavy atom. The van der Waals surface area contributed by atoms with Crippen LogP contribution in [0.5, 0.6) is 0 Å². The van der Waals surface area contributed by atoms with Crippen LogP contribution in [0.3, 0.4) is 0 Å². The molecular formula is C18H23N3O2. The molecule has 5 heteroatoms. The highest BCUT2D eigenvalue weighted by Gasteiger charge is 2.26. The molecule has 1 aliphatic rings. The Balaban J connectivity index is 1.76. The minimum Gasteiger partial charge on any atom is -0.465 e. The average Bonchev–Trinajstić information content (AvgIpc) is 2.93. The molecule has 0 spiro atoms. The maximum absolute atomic E-state index is 11.5. The number of esters is 1. The van der Waals surface area contributed by atoms with E-state index in [2.05, 4.69) is 17.3 Å². The van der Waals surface area contributed by atoms with E-state index in [4.69, 9.17) is 4.74 Å². The molecule has 2 heterocycles. The van der Waals surface area contributed by atoms with E-state index in [1.807, 2.05) is 42.2 Å². The molecule has 0 radical (unpaired) electrons. The molecular weight excluding hydrogens is 290 g/mol. The van der Waals surface area contributed by atoms with Crippen molar-refractivity contribution in [3.8, 4) is 0 Å². The third kappa shape index (κ3) is 3.15. The maximum Gasteiger partial charge on any atom is 0.337 e. The number of nitrogens with one attached hydrogen (secondary N) is 1. The van der Waals surface area contributed by atoms with Crippen molar-refractivity contribution in [3.05, 3.63) is 52.8 Å². The van der Waals surface area contributed by atoms with Gasteiger partial charge in [0, 0.05) is 18.8 Å². The summed E-state index contributed by atoms with van der Waals surface area (Å²) in [5, 5.41) is 7.96. The Kier molecular flexibility index (Phi) is 4.48. The molecule has 1 unspecified atom stereocenters. The van der Waals surface area contributed by atoms with Crippen LogP contribution in [0, 0.1) is 6.92 Å². The lowest BCUT2D eigenvalue weighted by Crippen LogP contribution is -2.31. The summed E-state index contributed by atoms with van der Waals surface area (Å²) in [6.45, 7) is 3.12. The van der Waals surface area contributed by atoms with Gasteiger partial charge in [-0.3, -0.25) is 4.68 Å². The van der Waals surface area contributed by atoms with E-state index in [1.165, 1.54) is 23.9 Å². The van der Waals surface area contributed by atoms with Gasteiger partial charge in [-0.1, -0.05) is 12.1 Å². The number of piperidine rings is 1. The van der Waals surface area contributed by atoms with Crippen LogP contribution < -0.4 is 5.32 Å². The fourth-order valence-electron chi connectivity index (χ4n) is 3.34. The van der Waals surface area contributed by atoms with Gasteiger partial charge in [-0.05, 0) is 55.5 Å². The Morgan fingerprint density at radius 3 is 2.70 bits per heavy atom. The lowest BCUT2D eigenvalue weighted by atomic mass is 9.84. The van der Waals surface area contributed by atoms with Crippen molar-refractivity contribution in [1.29, 1.82) is 0 Å². The molecule has 0 amide bonds. The number of benzene rings is 1. The second-order valence-electron chi connectivity index (χ2n) is 6.15. The summed E-state index contributed by atoms with van der Waals surface area (Å²) in [5.41, 5.74) is 4.40. The third-order valence-electron chi connectivity index (χ3n) is 4.85. The average molecular weight is 313 g/mol. The van der Waals surface area contributed by atoms with Crippen LogP contribution in [-0.4, -0.2) is 29.4 Å². The molecule has 1 fully saturated rings. The summed E-state index contributed by atoms with van der Waals surface area (Å²) in [7, 11) is 3.39. The zero-order valence-electron chi connectivity index (χ0n) is 13.9. The van der Waals surface area contributed by atoms with Crippen LogP contribution in [0.2, 0.25) is 0 Å². The molecule has 1 saturated heterocycles. The number of carbonyl (C=O) groups is 1. The quantitative estimate of drug-likeness (QED) is 0.885. The van der Waals surface area contributed by atoms with Crippen molar-refractivity contribution in [2.45, 2.75) is 31.7 Å². The number of aromatic nitrogens is 2. The monoisotopic (exact) mass is 313 g/mol. The number of rotatable bonds is 3. The van der Waals surface area contributed by atoms with Crippen molar-refractivity contribution in [1.82, 2.24) is 15.1 Å². The van der Waals surface area contributed by atoms with E-state index >= 15 is 0 Å². The highest BCUT2D eigenvalue weighted by atomic mass is 16.5. The Hall–Kier alpha value is -2.14. The fraction of sp³-hybridized carbons (Fsp3) is 0.444. The molecule has 0 bridgehead atoms. The minimum atomic E-state index is -0.294. The number of aryl methyl sites for hydroxylation is 1. The SMILES string of the molecule is COC(=O)c1ccc([C@@H]2CC(c3cnn(C)c3C)CCN2)cc1. The standard InChI is InChI=1S/C18H23N3O2/c1-12-16(11-20-21(12)2)15-8-9-19-17(10-15)13-4-6-14(7-5-13)18(22)23-3/h4-7,11,15,17,19H,8-10H2,1-3H3/t15?,17-/m0/s1. The van der Waals surface area contributed by atoms with Gasteiger partial charge in [-0.25, -0.2) is 4.79 Å². The zero-order chi connectivity index (χ0) is 16.4. The molecule has 23 heavy (non-hydrogen) atoms. The topological polar surface area (TPSA) is 56.1 Å². The lowest BCUT2D eigenvalue weighted by molar-refractivity contribution is 0.0600. The first-order chi connectivity index (χ1) is 11.1. The largest absolute Gasteiger partial charge is 0.465 e. The van der Waals surface area contributed by atoms with Crippen molar-refractivity contribution in [3.63, 3.8) is 0 Å². The van der Waals surface area contributed by atoms with Crippen molar-refractivity contribution >= 4 is 5.97 Å². The molecule has 2 atom stereocenters. The molecule has 122 valence electrons. The van der Waals surface area contributed by atoms with E-state index in [1.54, 1.807) is 0 Å². The van der Waals surface area contributed by atoms with Crippen LogP contribution in [0.25, 0.3) is 0 Å². The number of hydrogen-bond acceptors (Lipinski definition) is 4. The van der Waals surface area contributed by atoms with Gasteiger partial charge in [0.1, 0.15) is 0 Å². The third-order valence-corrected chi connectivity index (χ3v) is 4.85. The van der Waals surface area contributed by atoms with Gasteiger partial charge in [0.05, 0.1) is 18.9 Å². The van der Waals surface area contributed by atoms with Crippen LogP contribution in [0.15, 0.2) is 30.5 Å². The Bertz CT molecular complexity index is 691. The van der Waals surface area contributed by atoms with E-state index in [-0.39, 0.29) is 5.97 Å². The molecule has 1 N–H and O–H groups in total. The van der Waals surface area contributed by atoms with Crippen LogP contribution >= 0.6 is 0 Å². The first-order valence-electron chi connectivity index (χ1n) is 8.00. The second kappa shape index (κ2) is 6.54. The molecule has 5 nitrogen and oxygen atoms in total. The Morgan fingerprint density at radius 1 is 1.35 bits per heavy atom. The van der Waals surface area contributed by atoms with E-state index in [0.717, 1.165) is 19.4 Å². The summed E-state index contributed by atoms with van der Waals surface area (Å²) in [6, 6.07) is 8.01. The van der Waals surface area contributed by atoms with Gasteiger partial charge in [0.25, 0.3) is 0 Å². The molecule has 1 aromatic heterocycles. The normalized spacial score (nSPS) is 21.2. The molecule has 1 aromatic carbocycles. The summed E-state index contributed by atoms with van der Waals surface area (Å²) in [6.07, 6.45) is 4.18. The molecule has 3 rings (SSSR count). The lowest BCUT2D eigenvalue weighted by Gasteiger charge is -2.30. The number of hydrogen-bond donors (Lipinski definition) is 1. The summed E-state index contributed by atoms with van der Waals surface area (Å²) in [5.74, 6) is 0.229. The molecule has 2 aromatic rings. The fourth-order valence-corrected chi connectivity index (χ4v) is 3.34. The van der Waals surface area contributed by atoms with E-state index in [0.29, 0.717) is 17.5 Å². The van der Waals surface area contributed by atoms with Gasteiger partial charge in [0.15, 0.2) is 0 Å². The van der Waals surface area contributed by atoms with Gasteiger partial charge < -0.3 is 10.1 Å². The predicted octanol–water partition coefficient (Wildman–Crippen LogP) is 2.72. The summed E-state index contributed by atoms with van der Waals surface area (Å²) in [4.78, 5) is 11.5. The van der Waals surface area contributed by atoms with Crippen molar-refractivity contribution in [2.75, 3.05) is 13.7 Å². The zero-order valence-corrected chi connectivity index (χ0v) is 13.9. The van der Waals surface area contributed by atoms with Crippen LogP contribution in [-0.2, 0) is 11.8 Å². The highest BCUT2D eigenvalue weighted by Crippen LogP contribution is 2.35. The first kappa shape index (κ1) is 15.7. The maximum atomic E-state index is 11.5. The second-order valence-corrected chi connectivity index (χ2v) is 6.15. The van der Waals surface area contributed by atoms with Crippen molar-refractivity contribution in [2.24, 2.45) is 7.05 Å². The molecule has 0 saturated carbocycles. The van der Waals surface area contributed by atoms with Crippen molar-refractivity contribution < 1.29 is 9.53 Å². The number of nitrogens with zero attached hydrogens (tertiary/aromatic N) is 2. The smallest absolute Gasteiger partial charge is 0.337 e. The number of methoxy groups -OCH3 is 1. The molecule has 0 aliphatic carbocycles. The first-order valence-corrected chi connectivity index (χ1v) is 8.00.